The number of rotatable bonds is 7. The number of carboxylic acids is 1. The molecule has 1 unspecified atom stereocenters. The fourth-order valence-electron chi connectivity index (χ4n) is 1.90. The van der Waals surface area contributed by atoms with Crippen molar-refractivity contribution in [2.45, 2.75) is 25.3 Å². The number of thioether (sulfide) groups is 1. The number of unbranched alkanes of at least 4 members (excludes halogenated alkanes) is 2. The van der Waals surface area contributed by atoms with Gasteiger partial charge in [0, 0.05) is 13.1 Å². The summed E-state index contributed by atoms with van der Waals surface area (Å²) >= 11 is 1.82. The number of amides is 2. The van der Waals surface area contributed by atoms with Gasteiger partial charge in [-0.2, -0.15) is 11.8 Å². The fraction of sp³-hybridized carbons (Fsp3) is 0.833. The average molecular weight is 290 g/mol. The Hall–Kier alpha value is -0.950. The fourth-order valence-corrected chi connectivity index (χ4v) is 2.39. The predicted molar refractivity (Wildman–Crippen MR) is 74.6 cm³/mol. The van der Waals surface area contributed by atoms with Gasteiger partial charge in [0.05, 0.1) is 13.2 Å². The van der Waals surface area contributed by atoms with Crippen molar-refractivity contribution in [3.05, 3.63) is 0 Å². The first-order valence-electron chi connectivity index (χ1n) is 6.50. The molecular weight excluding hydrogens is 268 g/mol. The normalized spacial score (nSPS) is 19.2. The van der Waals surface area contributed by atoms with E-state index in [-0.39, 0.29) is 12.6 Å². The lowest BCUT2D eigenvalue weighted by Gasteiger charge is -2.32. The van der Waals surface area contributed by atoms with E-state index in [4.69, 9.17) is 9.84 Å². The quantitative estimate of drug-likeness (QED) is 0.684. The lowest BCUT2D eigenvalue weighted by Crippen LogP contribution is -2.55. The number of nitrogens with zero attached hydrogens (tertiary/aromatic N) is 1. The van der Waals surface area contributed by atoms with Crippen molar-refractivity contribution in [1.29, 1.82) is 0 Å². The molecule has 7 heteroatoms. The van der Waals surface area contributed by atoms with Crippen LogP contribution in [0.15, 0.2) is 0 Å². The largest absolute Gasteiger partial charge is 0.480 e. The molecule has 0 aromatic heterocycles. The van der Waals surface area contributed by atoms with Crippen LogP contribution in [0.5, 0.6) is 0 Å². The number of nitrogens with one attached hydrogen (secondary N) is 1. The molecule has 2 N–H and O–H groups in total. The van der Waals surface area contributed by atoms with Crippen LogP contribution in [0, 0.1) is 0 Å². The standard InChI is InChI=1S/C12H22N2O4S/c1-19-8-4-2-3-5-13-12(17)14-6-7-18-9-10(14)11(15)16/h10H,2-9H2,1H3,(H,13,17)(H,15,16). The summed E-state index contributed by atoms with van der Waals surface area (Å²) in [6.45, 7) is 1.38. The molecule has 0 radical (unpaired) electrons. The molecule has 0 aliphatic carbocycles. The maximum absolute atomic E-state index is 11.9. The van der Waals surface area contributed by atoms with Gasteiger partial charge < -0.3 is 20.1 Å². The molecule has 0 aromatic carbocycles. The lowest BCUT2D eigenvalue weighted by molar-refractivity contribution is -0.147. The van der Waals surface area contributed by atoms with Crippen molar-refractivity contribution in [3.8, 4) is 0 Å². The van der Waals surface area contributed by atoms with E-state index in [1.807, 2.05) is 11.8 Å². The molecule has 2 amide bonds. The van der Waals surface area contributed by atoms with Crippen molar-refractivity contribution in [1.82, 2.24) is 10.2 Å². The molecule has 0 saturated carbocycles. The van der Waals surface area contributed by atoms with Gasteiger partial charge in [0.2, 0.25) is 0 Å². The summed E-state index contributed by atoms with van der Waals surface area (Å²) in [4.78, 5) is 24.2. The number of hydrogen-bond donors (Lipinski definition) is 2. The zero-order valence-corrected chi connectivity index (χ0v) is 12.1. The number of carboxylic acid groups (broad SMARTS) is 1. The number of hydrogen-bond acceptors (Lipinski definition) is 4. The van der Waals surface area contributed by atoms with E-state index in [1.54, 1.807) is 0 Å². The molecule has 1 heterocycles. The smallest absolute Gasteiger partial charge is 0.328 e. The highest BCUT2D eigenvalue weighted by atomic mass is 32.2. The molecule has 1 fully saturated rings. The van der Waals surface area contributed by atoms with Crippen molar-refractivity contribution >= 4 is 23.8 Å². The number of morpholine rings is 1. The number of ether oxygens (including phenoxy) is 1. The molecular formula is C12H22N2O4S. The van der Waals surface area contributed by atoms with Crippen LogP contribution in [0.25, 0.3) is 0 Å². The number of carbonyl (C=O) groups is 2. The van der Waals surface area contributed by atoms with Gasteiger partial charge in [-0.3, -0.25) is 0 Å². The highest BCUT2D eigenvalue weighted by Gasteiger charge is 2.32. The minimum Gasteiger partial charge on any atom is -0.480 e. The van der Waals surface area contributed by atoms with E-state index in [9.17, 15) is 9.59 Å². The maximum atomic E-state index is 11.9. The van der Waals surface area contributed by atoms with Crippen molar-refractivity contribution in [2.75, 3.05) is 38.3 Å². The maximum Gasteiger partial charge on any atom is 0.328 e. The van der Waals surface area contributed by atoms with Gasteiger partial charge in [0.25, 0.3) is 0 Å². The Kier molecular flexibility index (Phi) is 7.66. The Morgan fingerprint density at radius 2 is 2.21 bits per heavy atom. The molecule has 1 atom stereocenters. The third-order valence-electron chi connectivity index (χ3n) is 2.98. The summed E-state index contributed by atoms with van der Waals surface area (Å²) in [6, 6.07) is -1.18. The van der Waals surface area contributed by atoms with E-state index in [2.05, 4.69) is 11.6 Å². The second kappa shape index (κ2) is 9.03. The second-order valence-electron chi connectivity index (χ2n) is 4.41. The van der Waals surface area contributed by atoms with Gasteiger partial charge in [-0.1, -0.05) is 6.42 Å². The zero-order valence-electron chi connectivity index (χ0n) is 11.3. The van der Waals surface area contributed by atoms with E-state index in [0.717, 1.165) is 25.0 Å². The van der Waals surface area contributed by atoms with E-state index >= 15 is 0 Å². The monoisotopic (exact) mass is 290 g/mol. The van der Waals surface area contributed by atoms with Crippen molar-refractivity contribution in [3.63, 3.8) is 0 Å². The summed E-state index contributed by atoms with van der Waals surface area (Å²) in [5.74, 6) is 0.119. The van der Waals surface area contributed by atoms with Gasteiger partial charge in [-0.25, -0.2) is 9.59 Å². The Bertz CT molecular complexity index is 301. The summed E-state index contributed by atoms with van der Waals surface area (Å²) in [6.07, 6.45) is 5.22. The molecule has 0 spiro atoms. The Morgan fingerprint density at radius 1 is 1.42 bits per heavy atom. The van der Waals surface area contributed by atoms with Crippen LogP contribution in [0.4, 0.5) is 4.79 Å². The molecule has 1 aliphatic heterocycles. The molecule has 1 saturated heterocycles. The van der Waals surface area contributed by atoms with Gasteiger partial charge >= 0.3 is 12.0 Å². The first-order valence-corrected chi connectivity index (χ1v) is 7.90. The lowest BCUT2D eigenvalue weighted by atomic mass is 10.2. The van der Waals surface area contributed by atoms with Gasteiger partial charge in [-0.05, 0) is 24.9 Å². The van der Waals surface area contributed by atoms with Crippen molar-refractivity contribution in [2.24, 2.45) is 0 Å². The first kappa shape index (κ1) is 16.1. The summed E-state index contributed by atoms with van der Waals surface area (Å²) in [7, 11) is 0. The van der Waals surface area contributed by atoms with Crippen LogP contribution >= 0.6 is 11.8 Å². The highest BCUT2D eigenvalue weighted by Crippen LogP contribution is 2.07. The zero-order chi connectivity index (χ0) is 14.1. The van der Waals surface area contributed by atoms with E-state index in [0.29, 0.717) is 19.7 Å². The minimum atomic E-state index is -1.02. The molecule has 110 valence electrons. The van der Waals surface area contributed by atoms with Crippen LogP contribution in [0.2, 0.25) is 0 Å². The molecule has 0 bridgehead atoms. The van der Waals surface area contributed by atoms with Crippen LogP contribution in [0.3, 0.4) is 0 Å². The van der Waals surface area contributed by atoms with Crippen LogP contribution in [-0.4, -0.2) is 66.4 Å². The van der Waals surface area contributed by atoms with Crippen LogP contribution in [0.1, 0.15) is 19.3 Å². The Morgan fingerprint density at radius 3 is 2.89 bits per heavy atom. The number of urea groups is 1. The summed E-state index contributed by atoms with van der Waals surface area (Å²) in [5, 5.41) is 11.8. The van der Waals surface area contributed by atoms with Gasteiger partial charge in [0.15, 0.2) is 6.04 Å². The molecule has 6 nitrogen and oxygen atoms in total. The molecule has 19 heavy (non-hydrogen) atoms. The number of carbonyl (C=O) groups excluding carboxylic acids is 1. The van der Waals surface area contributed by atoms with Gasteiger partial charge in [0.1, 0.15) is 0 Å². The first-order chi connectivity index (χ1) is 9.16. The third kappa shape index (κ3) is 5.69. The Balaban J connectivity index is 2.25. The topological polar surface area (TPSA) is 78.9 Å². The molecule has 1 rings (SSSR count). The molecule has 0 aromatic rings. The van der Waals surface area contributed by atoms with E-state index < -0.39 is 12.0 Å². The summed E-state index contributed by atoms with van der Waals surface area (Å²) in [5.41, 5.74) is 0. The van der Waals surface area contributed by atoms with E-state index in [1.165, 1.54) is 4.90 Å². The highest BCUT2D eigenvalue weighted by molar-refractivity contribution is 7.98. The van der Waals surface area contributed by atoms with Crippen molar-refractivity contribution < 1.29 is 19.4 Å². The summed E-state index contributed by atoms with van der Waals surface area (Å²) < 4.78 is 5.09. The minimum absolute atomic E-state index is 0.0659. The van der Waals surface area contributed by atoms with Crippen LogP contribution < -0.4 is 5.32 Å². The number of aliphatic carboxylic acids is 1. The SMILES string of the molecule is CSCCCCCNC(=O)N1CCOCC1C(=O)O. The average Bonchev–Trinajstić information content (AvgIpc) is 2.42. The predicted octanol–water partition coefficient (Wildman–Crippen LogP) is 1.01. The Labute approximate surface area is 117 Å². The third-order valence-corrected chi connectivity index (χ3v) is 3.67. The molecule has 1 aliphatic rings. The van der Waals surface area contributed by atoms with Crippen LogP contribution in [-0.2, 0) is 9.53 Å². The second-order valence-corrected chi connectivity index (χ2v) is 5.39. The van der Waals surface area contributed by atoms with Gasteiger partial charge in [-0.15, -0.1) is 0 Å².